The topological polar surface area (TPSA) is 115 Å². The van der Waals surface area contributed by atoms with Gasteiger partial charge in [0, 0.05) is 11.3 Å². The number of carboxylic acids is 1. The van der Waals surface area contributed by atoms with Crippen LogP contribution in [0.5, 0.6) is 0 Å². The maximum absolute atomic E-state index is 15.9. The highest BCUT2D eigenvalue weighted by atomic mass is 19.1. The average molecular weight is 589 g/mol. The maximum atomic E-state index is 15.9. The Hall–Kier alpha value is -3.98. The normalized spacial score (nSPS) is 32.1. The van der Waals surface area contributed by atoms with E-state index in [0.29, 0.717) is 25.0 Å². The molecule has 0 saturated heterocycles. The maximum Gasteiger partial charge on any atom is 0.371 e. The quantitative estimate of drug-likeness (QED) is 0.346. The van der Waals surface area contributed by atoms with Crippen LogP contribution in [0.25, 0.3) is 11.8 Å². The first-order valence-electron chi connectivity index (χ1n) is 14.9. The highest BCUT2D eigenvalue weighted by molar-refractivity contribution is 5.84. The summed E-state index contributed by atoms with van der Waals surface area (Å²) in [6.07, 6.45) is 9.04. The van der Waals surface area contributed by atoms with E-state index in [1.165, 1.54) is 18.4 Å². The number of rotatable bonds is 4. The van der Waals surface area contributed by atoms with Crippen LogP contribution in [0.2, 0.25) is 0 Å². The van der Waals surface area contributed by atoms with Gasteiger partial charge in [0.2, 0.25) is 5.76 Å². The highest BCUT2D eigenvalue weighted by Crippen LogP contribution is 2.66. The number of aliphatic hydroxyl groups is 1. The number of benzene rings is 1. The van der Waals surface area contributed by atoms with Crippen molar-refractivity contribution in [3.8, 4) is 5.69 Å². The lowest BCUT2D eigenvalue weighted by molar-refractivity contribution is -0.158. The molecule has 1 aromatic carbocycles. The molecule has 2 fully saturated rings. The van der Waals surface area contributed by atoms with E-state index in [-0.39, 0.29) is 46.6 Å². The van der Waals surface area contributed by atoms with Crippen molar-refractivity contribution < 1.29 is 33.3 Å². The van der Waals surface area contributed by atoms with Gasteiger partial charge in [-0.15, -0.1) is 0 Å². The number of carboxylic acid groups (broad SMARTS) is 1. The van der Waals surface area contributed by atoms with Crippen LogP contribution < -0.4 is 0 Å². The fourth-order valence-electron chi connectivity index (χ4n) is 8.52. The molecule has 8 nitrogen and oxygen atoms in total. The first-order chi connectivity index (χ1) is 20.6. The van der Waals surface area contributed by atoms with E-state index in [1.54, 1.807) is 6.08 Å². The molecule has 43 heavy (non-hydrogen) atoms. The first-order valence-corrected chi connectivity index (χ1v) is 14.9. The lowest BCUT2D eigenvalue weighted by Crippen LogP contribution is -2.56. The zero-order chi connectivity index (χ0) is 30.5. The van der Waals surface area contributed by atoms with Crippen LogP contribution >= 0.6 is 0 Å². The molecule has 7 rings (SSSR count). The van der Waals surface area contributed by atoms with Crippen LogP contribution in [0.1, 0.15) is 61.8 Å². The number of carbonyl (C=O) groups is 2. The minimum Gasteiger partial charge on any atom is -0.475 e. The van der Waals surface area contributed by atoms with E-state index in [2.05, 4.69) is 23.4 Å². The van der Waals surface area contributed by atoms with E-state index in [1.807, 2.05) is 54.2 Å². The van der Waals surface area contributed by atoms with E-state index >= 15 is 4.39 Å². The fourth-order valence-corrected chi connectivity index (χ4v) is 8.52. The number of para-hydroxylation sites is 1. The number of aliphatic hydroxyl groups excluding tert-OH is 1. The molecule has 2 heterocycles. The SMILES string of the molecule is CCOC(=O)C1CCC2C3C=C(F)C4=Cc5c(cnn5-c5ccccc5)CC4(C)C3C(O)CC12C.O=C(O)c1ccco1. The van der Waals surface area contributed by atoms with Gasteiger partial charge in [-0.25, -0.2) is 13.9 Å². The minimum absolute atomic E-state index is 0.0231. The Morgan fingerprint density at radius 3 is 2.58 bits per heavy atom. The molecular formula is C34H37FN2O6. The van der Waals surface area contributed by atoms with Crippen molar-refractivity contribution in [1.29, 1.82) is 0 Å². The third-order valence-corrected chi connectivity index (χ3v) is 10.3. The van der Waals surface area contributed by atoms with Crippen LogP contribution in [0, 0.1) is 34.5 Å². The Balaban J connectivity index is 0.000000359. The molecule has 0 aliphatic heterocycles. The van der Waals surface area contributed by atoms with Gasteiger partial charge in [-0.1, -0.05) is 32.0 Å². The third-order valence-electron chi connectivity index (χ3n) is 10.3. The number of carbonyl (C=O) groups excluding carboxylic acids is 1. The van der Waals surface area contributed by atoms with E-state index in [0.717, 1.165) is 29.8 Å². The number of hydrogen-bond acceptors (Lipinski definition) is 6. The molecule has 4 aliphatic carbocycles. The number of hydrogen-bond donors (Lipinski definition) is 2. The molecular weight excluding hydrogens is 551 g/mol. The lowest BCUT2D eigenvalue weighted by Gasteiger charge is -2.57. The monoisotopic (exact) mass is 588 g/mol. The average Bonchev–Trinajstić information content (AvgIpc) is 3.71. The Morgan fingerprint density at radius 1 is 1.16 bits per heavy atom. The molecule has 2 saturated carbocycles. The summed E-state index contributed by atoms with van der Waals surface area (Å²) in [7, 11) is 0. The second kappa shape index (κ2) is 10.9. The van der Waals surface area contributed by atoms with Gasteiger partial charge in [0.15, 0.2) is 0 Å². The smallest absolute Gasteiger partial charge is 0.371 e. The Bertz CT molecular complexity index is 1580. The van der Waals surface area contributed by atoms with Gasteiger partial charge in [0.25, 0.3) is 0 Å². The fraction of sp³-hybridized carbons (Fsp3) is 0.441. The zero-order valence-electron chi connectivity index (χ0n) is 24.6. The van der Waals surface area contributed by atoms with Gasteiger partial charge in [0.05, 0.1) is 42.5 Å². The molecule has 2 N–H and O–H groups in total. The second-order valence-corrected chi connectivity index (χ2v) is 12.6. The van der Waals surface area contributed by atoms with Crippen LogP contribution in [-0.2, 0) is 16.0 Å². The number of esters is 1. The number of nitrogens with zero attached hydrogens (tertiary/aromatic N) is 2. The number of furan rings is 1. The minimum atomic E-state index is -1.03. The summed E-state index contributed by atoms with van der Waals surface area (Å²) in [5.74, 6) is -1.76. The predicted molar refractivity (Wildman–Crippen MR) is 157 cm³/mol. The number of aromatic carboxylic acids is 1. The summed E-state index contributed by atoms with van der Waals surface area (Å²) < 4.78 is 27.7. The molecule has 7 atom stereocenters. The van der Waals surface area contributed by atoms with Crippen LogP contribution in [-0.4, -0.2) is 44.6 Å². The number of halogens is 1. The zero-order valence-corrected chi connectivity index (χ0v) is 24.6. The van der Waals surface area contributed by atoms with Crippen LogP contribution in [0.4, 0.5) is 4.39 Å². The van der Waals surface area contributed by atoms with Gasteiger partial charge in [-0.3, -0.25) is 4.79 Å². The lowest BCUT2D eigenvalue weighted by atomic mass is 9.47. The van der Waals surface area contributed by atoms with Crippen molar-refractivity contribution in [2.24, 2.45) is 34.5 Å². The van der Waals surface area contributed by atoms with Gasteiger partial charge in [-0.05, 0) is 97.4 Å². The van der Waals surface area contributed by atoms with Gasteiger partial charge >= 0.3 is 11.9 Å². The molecule has 7 unspecified atom stereocenters. The predicted octanol–water partition coefficient (Wildman–Crippen LogP) is 6.26. The standard InChI is InChI=1S/C29H33FN2O3.C5H4O3/c1-4-35-27(34)21-11-10-20-19-12-23(30)22-13-24-17(16-31-32(24)18-8-6-5-7-9-18)14-29(22,3)26(19)25(33)15-28(20,21)2;6-5(7)4-2-1-3-8-4/h5-9,12-13,16,19-21,25-26,33H,4,10-11,14-15H2,1-3H3;1-3H,(H,6,7). The molecule has 9 heteroatoms. The van der Waals surface area contributed by atoms with E-state index in [9.17, 15) is 14.7 Å². The largest absolute Gasteiger partial charge is 0.475 e. The molecule has 4 aliphatic rings. The molecule has 2 aromatic heterocycles. The van der Waals surface area contributed by atoms with Crippen molar-refractivity contribution in [1.82, 2.24) is 9.78 Å². The summed E-state index contributed by atoms with van der Waals surface area (Å²) in [5, 5.41) is 24.4. The summed E-state index contributed by atoms with van der Waals surface area (Å²) in [5.41, 5.74) is 2.65. The second-order valence-electron chi connectivity index (χ2n) is 12.6. The van der Waals surface area contributed by atoms with Crippen molar-refractivity contribution >= 4 is 18.0 Å². The number of aromatic nitrogens is 2. The molecule has 0 bridgehead atoms. The Morgan fingerprint density at radius 2 is 1.93 bits per heavy atom. The number of ether oxygens (including phenoxy) is 1. The molecule has 226 valence electrons. The van der Waals surface area contributed by atoms with Gasteiger partial charge < -0.3 is 19.4 Å². The molecule has 3 aromatic rings. The summed E-state index contributed by atoms with van der Waals surface area (Å²) >= 11 is 0. The Kier molecular flexibility index (Phi) is 7.40. The first kappa shape index (κ1) is 29.1. The van der Waals surface area contributed by atoms with Crippen molar-refractivity contribution in [3.05, 3.63) is 89.4 Å². The molecule has 0 spiro atoms. The van der Waals surface area contributed by atoms with Crippen LogP contribution in [0.15, 0.2) is 76.8 Å². The van der Waals surface area contributed by atoms with Crippen LogP contribution in [0.3, 0.4) is 0 Å². The van der Waals surface area contributed by atoms with Crippen molar-refractivity contribution in [3.63, 3.8) is 0 Å². The molecule has 0 amide bonds. The summed E-state index contributed by atoms with van der Waals surface area (Å²) in [6, 6.07) is 12.8. The van der Waals surface area contributed by atoms with E-state index in [4.69, 9.17) is 9.84 Å². The third kappa shape index (κ3) is 4.74. The highest BCUT2D eigenvalue weighted by Gasteiger charge is 2.63. The summed E-state index contributed by atoms with van der Waals surface area (Å²) in [6.45, 7) is 6.39. The van der Waals surface area contributed by atoms with Gasteiger partial charge in [-0.2, -0.15) is 5.10 Å². The summed E-state index contributed by atoms with van der Waals surface area (Å²) in [4.78, 5) is 22.7. The van der Waals surface area contributed by atoms with Gasteiger partial charge in [0.1, 0.15) is 5.83 Å². The van der Waals surface area contributed by atoms with E-state index < -0.39 is 17.5 Å². The molecule has 0 radical (unpaired) electrons. The van der Waals surface area contributed by atoms with Crippen molar-refractivity contribution in [2.75, 3.05) is 6.61 Å². The number of fused-ring (bicyclic) bond motifs is 6. The van der Waals surface area contributed by atoms with Crippen molar-refractivity contribution in [2.45, 2.75) is 52.6 Å². The number of allylic oxidation sites excluding steroid dienone is 3. The Labute approximate surface area is 249 Å².